The zero-order chi connectivity index (χ0) is 22.7. The first-order valence-electron chi connectivity index (χ1n) is 10.8. The number of aliphatic hydroxyl groups is 1. The van der Waals surface area contributed by atoms with E-state index in [1.165, 1.54) is 11.3 Å². The summed E-state index contributed by atoms with van der Waals surface area (Å²) in [6, 6.07) is 3.93. The maximum absolute atomic E-state index is 12.7. The number of amides is 2. The highest BCUT2D eigenvalue weighted by molar-refractivity contribution is 7.13. The Bertz CT molecular complexity index is 1160. The van der Waals surface area contributed by atoms with Crippen molar-refractivity contribution in [3.05, 3.63) is 40.5 Å². The summed E-state index contributed by atoms with van der Waals surface area (Å²) in [4.78, 5) is 34.0. The van der Waals surface area contributed by atoms with Gasteiger partial charge in [0.1, 0.15) is 10.7 Å². The molecule has 4 rings (SSSR count). The van der Waals surface area contributed by atoms with Crippen LogP contribution in [0.5, 0.6) is 0 Å². The Morgan fingerprint density at radius 3 is 2.75 bits per heavy atom. The number of pyridine rings is 1. The van der Waals surface area contributed by atoms with Crippen LogP contribution in [0.2, 0.25) is 0 Å². The third-order valence-electron chi connectivity index (χ3n) is 5.45. The van der Waals surface area contributed by atoms with E-state index in [4.69, 9.17) is 0 Å². The van der Waals surface area contributed by atoms with E-state index in [0.29, 0.717) is 39.6 Å². The quantitative estimate of drug-likeness (QED) is 0.370. The fourth-order valence-corrected chi connectivity index (χ4v) is 4.37. The Kier molecular flexibility index (Phi) is 6.66. The number of benzene rings is 1. The lowest BCUT2D eigenvalue weighted by Crippen LogP contribution is -2.26. The first-order chi connectivity index (χ1) is 15.5. The second kappa shape index (κ2) is 9.62. The minimum absolute atomic E-state index is 0.153. The molecule has 168 valence electrons. The van der Waals surface area contributed by atoms with E-state index in [9.17, 15) is 14.7 Å². The molecule has 1 aromatic carbocycles. The highest BCUT2D eigenvalue weighted by atomic mass is 32.1. The van der Waals surface area contributed by atoms with E-state index < -0.39 is 0 Å². The topological polar surface area (TPSA) is 116 Å². The fourth-order valence-electron chi connectivity index (χ4n) is 3.52. The SMILES string of the molecule is CCCCNC(=O)c1csc(-c2cc3c(NC)c(C(=O)NC4CC4)cnc3cc2CO)n1. The maximum atomic E-state index is 12.7. The molecule has 1 aliphatic carbocycles. The number of thiazole rings is 1. The van der Waals surface area contributed by atoms with Crippen LogP contribution in [-0.4, -0.2) is 46.5 Å². The molecule has 4 N–H and O–H groups in total. The summed E-state index contributed by atoms with van der Waals surface area (Å²) in [5, 5.41) is 22.1. The van der Waals surface area contributed by atoms with E-state index in [0.717, 1.165) is 36.6 Å². The van der Waals surface area contributed by atoms with Gasteiger partial charge in [-0.25, -0.2) is 4.98 Å². The van der Waals surface area contributed by atoms with Gasteiger partial charge in [-0.05, 0) is 37.0 Å². The molecule has 3 aromatic rings. The third kappa shape index (κ3) is 4.58. The van der Waals surface area contributed by atoms with Gasteiger partial charge in [-0.3, -0.25) is 14.6 Å². The number of carbonyl (C=O) groups is 2. The molecular weight excluding hydrogens is 426 g/mol. The van der Waals surface area contributed by atoms with Gasteiger partial charge in [0.2, 0.25) is 0 Å². The predicted octanol–water partition coefficient (Wildman–Crippen LogP) is 3.31. The number of hydrogen-bond acceptors (Lipinski definition) is 7. The van der Waals surface area contributed by atoms with Gasteiger partial charge >= 0.3 is 0 Å². The molecule has 2 aromatic heterocycles. The number of unbranched alkanes of at least 4 members (excludes halogenated alkanes) is 1. The second-order valence-electron chi connectivity index (χ2n) is 7.88. The molecule has 2 amide bonds. The van der Waals surface area contributed by atoms with E-state index in [-0.39, 0.29) is 24.5 Å². The zero-order valence-electron chi connectivity index (χ0n) is 18.2. The van der Waals surface area contributed by atoms with Crippen LogP contribution in [0.3, 0.4) is 0 Å². The van der Waals surface area contributed by atoms with Crippen LogP contribution < -0.4 is 16.0 Å². The van der Waals surface area contributed by atoms with Crippen LogP contribution in [0.1, 0.15) is 59.0 Å². The van der Waals surface area contributed by atoms with Crippen LogP contribution in [-0.2, 0) is 6.61 Å². The second-order valence-corrected chi connectivity index (χ2v) is 8.73. The number of nitrogens with zero attached hydrogens (tertiary/aromatic N) is 2. The van der Waals surface area contributed by atoms with Crippen molar-refractivity contribution in [1.82, 2.24) is 20.6 Å². The number of rotatable bonds is 9. The molecule has 0 atom stereocenters. The summed E-state index contributed by atoms with van der Waals surface area (Å²) in [7, 11) is 1.77. The molecule has 0 spiro atoms. The largest absolute Gasteiger partial charge is 0.392 e. The molecule has 0 aliphatic heterocycles. The zero-order valence-corrected chi connectivity index (χ0v) is 19.0. The van der Waals surface area contributed by atoms with Crippen molar-refractivity contribution in [2.45, 2.75) is 45.3 Å². The van der Waals surface area contributed by atoms with Crippen molar-refractivity contribution < 1.29 is 14.7 Å². The molecule has 8 nitrogen and oxygen atoms in total. The van der Waals surface area contributed by atoms with E-state index in [2.05, 4.69) is 32.8 Å². The molecule has 0 bridgehead atoms. The van der Waals surface area contributed by atoms with Crippen LogP contribution in [0.25, 0.3) is 21.5 Å². The average molecular weight is 454 g/mol. The van der Waals surface area contributed by atoms with Gasteiger partial charge in [-0.15, -0.1) is 11.3 Å². The molecule has 1 aliphatic rings. The minimum Gasteiger partial charge on any atom is -0.392 e. The molecule has 2 heterocycles. The Balaban J connectivity index is 1.72. The first-order valence-corrected chi connectivity index (χ1v) is 11.7. The lowest BCUT2D eigenvalue weighted by atomic mass is 10.0. The Hall–Kier alpha value is -3.04. The van der Waals surface area contributed by atoms with Crippen molar-refractivity contribution in [3.8, 4) is 10.6 Å². The molecule has 0 saturated heterocycles. The van der Waals surface area contributed by atoms with Crippen molar-refractivity contribution >= 4 is 39.7 Å². The van der Waals surface area contributed by atoms with E-state index in [1.54, 1.807) is 24.7 Å². The highest BCUT2D eigenvalue weighted by Crippen LogP contribution is 2.35. The van der Waals surface area contributed by atoms with Gasteiger partial charge in [0.25, 0.3) is 11.8 Å². The maximum Gasteiger partial charge on any atom is 0.270 e. The summed E-state index contributed by atoms with van der Waals surface area (Å²) < 4.78 is 0. The van der Waals surface area contributed by atoms with E-state index in [1.807, 2.05) is 6.07 Å². The summed E-state index contributed by atoms with van der Waals surface area (Å²) in [6.07, 6.45) is 5.49. The van der Waals surface area contributed by atoms with Crippen LogP contribution in [0, 0.1) is 0 Å². The number of aliphatic hydroxyl groups excluding tert-OH is 1. The lowest BCUT2D eigenvalue weighted by molar-refractivity contribution is 0.0942. The van der Waals surface area contributed by atoms with Crippen LogP contribution in [0.4, 0.5) is 5.69 Å². The molecular formula is C23H27N5O3S. The smallest absolute Gasteiger partial charge is 0.270 e. The number of hydrogen-bond donors (Lipinski definition) is 4. The predicted molar refractivity (Wildman–Crippen MR) is 126 cm³/mol. The number of anilines is 1. The number of fused-ring (bicyclic) bond motifs is 1. The molecule has 1 fully saturated rings. The Morgan fingerprint density at radius 2 is 2.06 bits per heavy atom. The lowest BCUT2D eigenvalue weighted by Gasteiger charge is -2.14. The van der Waals surface area contributed by atoms with Gasteiger partial charge in [0.15, 0.2) is 0 Å². The van der Waals surface area contributed by atoms with Crippen molar-refractivity contribution in [3.63, 3.8) is 0 Å². The molecule has 1 saturated carbocycles. The van der Waals surface area contributed by atoms with Crippen LogP contribution >= 0.6 is 11.3 Å². The van der Waals surface area contributed by atoms with Gasteiger partial charge in [0, 0.05) is 42.2 Å². The Labute approximate surface area is 190 Å². The van der Waals surface area contributed by atoms with Gasteiger partial charge in [-0.2, -0.15) is 0 Å². The first kappa shape index (κ1) is 22.2. The standard InChI is InChI=1S/C23H27N5O3S/c1-3-4-7-25-22(31)19-12-32-23(28-19)15-9-16-18(8-13(15)11-29)26-10-17(20(16)24-2)21(30)27-14-5-6-14/h8-10,12,14,29H,3-7,11H2,1-2H3,(H,24,26)(H,25,31)(H,27,30). The van der Waals surface area contributed by atoms with Crippen molar-refractivity contribution in [2.75, 3.05) is 18.9 Å². The number of carbonyl (C=O) groups excluding carboxylic acids is 2. The number of nitrogens with one attached hydrogen (secondary N) is 3. The summed E-state index contributed by atoms with van der Waals surface area (Å²) >= 11 is 1.35. The third-order valence-corrected chi connectivity index (χ3v) is 6.33. The summed E-state index contributed by atoms with van der Waals surface area (Å²) in [6.45, 7) is 2.49. The highest BCUT2D eigenvalue weighted by Gasteiger charge is 2.26. The monoisotopic (exact) mass is 453 g/mol. The van der Waals surface area contributed by atoms with Crippen LogP contribution in [0.15, 0.2) is 23.7 Å². The van der Waals surface area contributed by atoms with E-state index >= 15 is 0 Å². The summed E-state index contributed by atoms with van der Waals surface area (Å²) in [5.74, 6) is -0.358. The molecule has 9 heteroatoms. The Morgan fingerprint density at radius 1 is 1.25 bits per heavy atom. The molecule has 0 unspecified atom stereocenters. The molecule has 0 radical (unpaired) electrons. The number of aromatic nitrogens is 2. The van der Waals surface area contributed by atoms with Gasteiger partial charge in [0.05, 0.1) is 23.4 Å². The van der Waals surface area contributed by atoms with Crippen molar-refractivity contribution in [2.24, 2.45) is 0 Å². The fraction of sp³-hybridized carbons (Fsp3) is 0.391. The summed E-state index contributed by atoms with van der Waals surface area (Å²) in [5.41, 5.74) is 3.55. The normalized spacial score (nSPS) is 13.2. The molecule has 32 heavy (non-hydrogen) atoms. The van der Waals surface area contributed by atoms with Crippen molar-refractivity contribution in [1.29, 1.82) is 0 Å². The van der Waals surface area contributed by atoms with Gasteiger partial charge in [-0.1, -0.05) is 13.3 Å². The van der Waals surface area contributed by atoms with Gasteiger partial charge < -0.3 is 21.1 Å². The minimum atomic E-state index is -0.205. The average Bonchev–Trinajstić information content (AvgIpc) is 3.48.